The SMILES string of the molecule is NCn1cc(-c2nc(C3(c4ccc(-c5cnc(N)cn5)nc4)CCC3)no2)cn1. The molecule has 0 aliphatic heterocycles. The lowest BCUT2D eigenvalue weighted by molar-refractivity contribution is 0.272. The maximum absolute atomic E-state index is 5.60. The van der Waals surface area contributed by atoms with Crippen LogP contribution in [-0.2, 0) is 12.1 Å². The zero-order valence-electron chi connectivity index (χ0n) is 15.6. The molecule has 4 aromatic heterocycles. The topological polar surface area (TPSA) is 147 Å². The molecule has 29 heavy (non-hydrogen) atoms. The number of rotatable bonds is 5. The van der Waals surface area contributed by atoms with Crippen molar-refractivity contribution in [3.05, 3.63) is 54.5 Å². The van der Waals surface area contributed by atoms with Gasteiger partial charge in [0.1, 0.15) is 11.5 Å². The van der Waals surface area contributed by atoms with Gasteiger partial charge in [-0.05, 0) is 24.5 Å². The van der Waals surface area contributed by atoms with Gasteiger partial charge in [-0.1, -0.05) is 17.6 Å². The van der Waals surface area contributed by atoms with Crippen LogP contribution in [0.3, 0.4) is 0 Å². The summed E-state index contributed by atoms with van der Waals surface area (Å²) in [5.74, 6) is 1.48. The molecule has 4 aromatic rings. The van der Waals surface area contributed by atoms with E-state index < -0.39 is 0 Å². The fourth-order valence-corrected chi connectivity index (χ4v) is 3.58. The largest absolute Gasteiger partial charge is 0.382 e. The fourth-order valence-electron chi connectivity index (χ4n) is 3.58. The molecule has 0 atom stereocenters. The summed E-state index contributed by atoms with van der Waals surface area (Å²) in [5, 5.41) is 8.42. The minimum Gasteiger partial charge on any atom is -0.382 e. The van der Waals surface area contributed by atoms with Gasteiger partial charge in [-0.3, -0.25) is 9.67 Å². The standard InChI is InChI=1S/C19H19N9O/c20-11-28-10-12(6-25-28)17-26-18(27-29-17)19(4-1-5-19)13-2-3-14(22-7-13)15-8-24-16(21)9-23-15/h2-3,6-10H,1,4-5,11,20H2,(H2,21,24). The van der Waals surface area contributed by atoms with Gasteiger partial charge in [0.2, 0.25) is 0 Å². The van der Waals surface area contributed by atoms with Crippen LogP contribution in [0.5, 0.6) is 0 Å². The van der Waals surface area contributed by atoms with E-state index in [1.54, 1.807) is 23.3 Å². The van der Waals surface area contributed by atoms with E-state index >= 15 is 0 Å². The molecule has 0 spiro atoms. The molecule has 10 nitrogen and oxygen atoms in total. The first kappa shape index (κ1) is 17.4. The van der Waals surface area contributed by atoms with Crippen LogP contribution in [0.15, 0.2) is 47.6 Å². The summed E-state index contributed by atoms with van der Waals surface area (Å²) in [5.41, 5.74) is 14.1. The van der Waals surface area contributed by atoms with Crippen LogP contribution in [0.25, 0.3) is 22.8 Å². The molecule has 0 radical (unpaired) electrons. The lowest BCUT2D eigenvalue weighted by Gasteiger charge is -2.39. The molecule has 1 aliphatic rings. The Morgan fingerprint density at radius 1 is 1.03 bits per heavy atom. The normalized spacial score (nSPS) is 15.2. The van der Waals surface area contributed by atoms with Crippen LogP contribution in [0, 0.1) is 0 Å². The molecule has 1 fully saturated rings. The lowest BCUT2D eigenvalue weighted by Crippen LogP contribution is -2.36. The van der Waals surface area contributed by atoms with E-state index in [-0.39, 0.29) is 5.41 Å². The number of hydrogen-bond donors (Lipinski definition) is 2. The van der Waals surface area contributed by atoms with Crippen LogP contribution < -0.4 is 11.5 Å². The summed E-state index contributed by atoms with van der Waals surface area (Å²) in [4.78, 5) is 17.6. The van der Waals surface area contributed by atoms with Crippen molar-refractivity contribution >= 4 is 5.82 Å². The van der Waals surface area contributed by atoms with E-state index in [1.165, 1.54) is 6.20 Å². The molecule has 5 rings (SSSR count). The minimum atomic E-state index is -0.288. The summed E-state index contributed by atoms with van der Waals surface area (Å²) in [6.45, 7) is 0.293. The quantitative estimate of drug-likeness (QED) is 0.521. The number of nitrogens with two attached hydrogens (primary N) is 2. The molecule has 0 unspecified atom stereocenters. The summed E-state index contributed by atoms with van der Waals surface area (Å²) < 4.78 is 7.12. The molecule has 0 bridgehead atoms. The predicted octanol–water partition coefficient (Wildman–Crippen LogP) is 1.75. The second-order valence-corrected chi connectivity index (χ2v) is 7.07. The molecule has 4 heterocycles. The van der Waals surface area contributed by atoms with E-state index in [0.717, 1.165) is 36.1 Å². The molecular formula is C19H19N9O. The molecule has 1 aliphatic carbocycles. The minimum absolute atomic E-state index is 0.288. The van der Waals surface area contributed by atoms with Gasteiger partial charge in [0.05, 0.1) is 41.9 Å². The summed E-state index contributed by atoms with van der Waals surface area (Å²) in [6.07, 6.45) is 11.4. The molecule has 0 saturated heterocycles. The number of anilines is 1. The second kappa shape index (κ2) is 6.74. The van der Waals surface area contributed by atoms with Crippen molar-refractivity contribution in [3.63, 3.8) is 0 Å². The van der Waals surface area contributed by atoms with Crippen molar-refractivity contribution < 1.29 is 4.52 Å². The smallest absolute Gasteiger partial charge is 0.261 e. The Bertz CT molecular complexity index is 1130. The highest BCUT2D eigenvalue weighted by Crippen LogP contribution is 2.48. The Hall–Kier alpha value is -3.66. The number of hydrogen-bond acceptors (Lipinski definition) is 9. The average molecular weight is 389 g/mol. The monoisotopic (exact) mass is 389 g/mol. The fraction of sp³-hybridized carbons (Fsp3) is 0.263. The first-order chi connectivity index (χ1) is 14.2. The van der Waals surface area contributed by atoms with Gasteiger partial charge in [-0.25, -0.2) is 9.97 Å². The van der Waals surface area contributed by atoms with Crippen LogP contribution >= 0.6 is 0 Å². The van der Waals surface area contributed by atoms with Gasteiger partial charge < -0.3 is 16.0 Å². The first-order valence-electron chi connectivity index (χ1n) is 9.29. The van der Waals surface area contributed by atoms with Crippen molar-refractivity contribution in [3.8, 4) is 22.8 Å². The Morgan fingerprint density at radius 2 is 1.90 bits per heavy atom. The van der Waals surface area contributed by atoms with Gasteiger partial charge in [0.25, 0.3) is 5.89 Å². The Kier molecular flexibility index (Phi) is 4.06. The van der Waals surface area contributed by atoms with Crippen LogP contribution in [0.4, 0.5) is 5.82 Å². The highest BCUT2D eigenvalue weighted by atomic mass is 16.5. The summed E-state index contributed by atoms with van der Waals surface area (Å²) in [6, 6.07) is 3.98. The second-order valence-electron chi connectivity index (χ2n) is 7.07. The first-order valence-corrected chi connectivity index (χ1v) is 9.29. The van der Waals surface area contributed by atoms with E-state index in [9.17, 15) is 0 Å². The summed E-state index contributed by atoms with van der Waals surface area (Å²) in [7, 11) is 0. The molecule has 10 heteroatoms. The number of aromatic nitrogens is 7. The van der Waals surface area contributed by atoms with Crippen LogP contribution in [0.1, 0.15) is 30.7 Å². The zero-order chi connectivity index (χ0) is 19.8. The average Bonchev–Trinajstić information content (AvgIpc) is 3.38. The molecular weight excluding hydrogens is 370 g/mol. The van der Waals surface area contributed by atoms with Gasteiger partial charge in [0.15, 0.2) is 5.82 Å². The molecule has 4 N–H and O–H groups in total. The Morgan fingerprint density at radius 3 is 2.52 bits per heavy atom. The maximum atomic E-state index is 5.60. The zero-order valence-corrected chi connectivity index (χ0v) is 15.6. The lowest BCUT2D eigenvalue weighted by atomic mass is 9.64. The molecule has 1 saturated carbocycles. The number of nitrogens with zero attached hydrogens (tertiary/aromatic N) is 7. The van der Waals surface area contributed by atoms with Crippen molar-refractivity contribution in [1.82, 2.24) is 34.9 Å². The Labute approximate surface area is 166 Å². The van der Waals surface area contributed by atoms with Gasteiger partial charge in [-0.2, -0.15) is 10.1 Å². The third-order valence-electron chi connectivity index (χ3n) is 5.38. The van der Waals surface area contributed by atoms with Crippen molar-refractivity contribution in [2.45, 2.75) is 31.3 Å². The van der Waals surface area contributed by atoms with Gasteiger partial charge in [0, 0.05) is 12.4 Å². The summed E-state index contributed by atoms with van der Waals surface area (Å²) >= 11 is 0. The van der Waals surface area contributed by atoms with Gasteiger partial charge >= 0.3 is 0 Å². The predicted molar refractivity (Wildman–Crippen MR) is 104 cm³/mol. The van der Waals surface area contributed by atoms with Crippen molar-refractivity contribution in [1.29, 1.82) is 0 Å². The van der Waals surface area contributed by atoms with Crippen molar-refractivity contribution in [2.24, 2.45) is 5.73 Å². The number of nitrogen functional groups attached to an aromatic ring is 1. The van der Waals surface area contributed by atoms with E-state index in [1.807, 2.05) is 18.3 Å². The number of pyridine rings is 1. The third-order valence-corrected chi connectivity index (χ3v) is 5.38. The van der Waals surface area contributed by atoms with E-state index in [0.29, 0.717) is 29.9 Å². The molecule has 0 aromatic carbocycles. The van der Waals surface area contributed by atoms with Crippen LogP contribution in [0.2, 0.25) is 0 Å². The third kappa shape index (κ3) is 2.93. The molecule has 0 amide bonds. The molecule has 146 valence electrons. The highest BCUT2D eigenvalue weighted by molar-refractivity contribution is 5.55. The highest BCUT2D eigenvalue weighted by Gasteiger charge is 2.45. The van der Waals surface area contributed by atoms with Crippen molar-refractivity contribution in [2.75, 3.05) is 5.73 Å². The van der Waals surface area contributed by atoms with Crippen LogP contribution in [-0.4, -0.2) is 34.9 Å². The Balaban J connectivity index is 1.45. The van der Waals surface area contributed by atoms with E-state index in [2.05, 4.69) is 30.2 Å². The van der Waals surface area contributed by atoms with Gasteiger partial charge in [-0.15, -0.1) is 0 Å². The maximum Gasteiger partial charge on any atom is 0.261 e. The van der Waals surface area contributed by atoms with E-state index in [4.69, 9.17) is 16.0 Å².